The first-order valence-electron chi connectivity index (χ1n) is 6.27. The van der Waals surface area contributed by atoms with Gasteiger partial charge in [0, 0.05) is 19.5 Å². The smallest absolute Gasteiger partial charge is 0.147 e. The highest BCUT2D eigenvalue weighted by atomic mass is 15.3. The molecule has 94 valence electrons. The maximum Gasteiger partial charge on any atom is 0.147 e. The third kappa shape index (κ3) is 1.65. The second-order valence-corrected chi connectivity index (χ2v) is 4.95. The van der Waals surface area contributed by atoms with Gasteiger partial charge in [0.2, 0.25) is 0 Å². The first kappa shape index (κ1) is 11.1. The van der Waals surface area contributed by atoms with Crippen molar-refractivity contribution in [3.05, 3.63) is 41.1 Å². The number of hydrogen-bond acceptors (Lipinski definition) is 3. The van der Waals surface area contributed by atoms with Crippen molar-refractivity contribution >= 4 is 11.5 Å². The van der Waals surface area contributed by atoms with Crippen LogP contribution in [0.3, 0.4) is 0 Å². The first-order valence-corrected chi connectivity index (χ1v) is 6.27. The van der Waals surface area contributed by atoms with E-state index in [0.717, 1.165) is 30.2 Å². The zero-order valence-electron chi connectivity index (χ0n) is 10.8. The maximum atomic E-state index is 6.00. The van der Waals surface area contributed by atoms with Crippen LogP contribution >= 0.6 is 0 Å². The SMILES string of the molecule is Cc1nn(C)c(NCC2Cc3ccccc32)c1N. The fraction of sp³-hybridized carbons (Fsp3) is 0.357. The summed E-state index contributed by atoms with van der Waals surface area (Å²) in [7, 11) is 1.92. The van der Waals surface area contributed by atoms with Gasteiger partial charge in [0.15, 0.2) is 0 Å². The minimum atomic E-state index is 0.593. The molecule has 0 fully saturated rings. The Kier molecular flexibility index (Phi) is 2.51. The molecule has 1 aliphatic carbocycles. The van der Waals surface area contributed by atoms with E-state index in [1.165, 1.54) is 11.1 Å². The summed E-state index contributed by atoms with van der Waals surface area (Å²) in [5.41, 5.74) is 10.6. The number of rotatable bonds is 3. The normalized spacial score (nSPS) is 17.1. The number of hydrogen-bond donors (Lipinski definition) is 2. The first-order chi connectivity index (χ1) is 8.66. The molecule has 0 radical (unpaired) electrons. The number of nitrogen functional groups attached to an aromatic ring is 1. The van der Waals surface area contributed by atoms with Crippen molar-refractivity contribution in [1.82, 2.24) is 9.78 Å². The Morgan fingerprint density at radius 2 is 2.22 bits per heavy atom. The van der Waals surface area contributed by atoms with Gasteiger partial charge in [0.25, 0.3) is 0 Å². The Bertz CT molecular complexity index is 585. The minimum absolute atomic E-state index is 0.593. The fourth-order valence-electron chi connectivity index (χ4n) is 2.65. The Labute approximate surface area is 107 Å². The molecule has 1 aromatic carbocycles. The van der Waals surface area contributed by atoms with E-state index >= 15 is 0 Å². The van der Waals surface area contributed by atoms with Gasteiger partial charge in [-0.2, -0.15) is 5.10 Å². The topological polar surface area (TPSA) is 55.9 Å². The number of nitrogens with two attached hydrogens (primary N) is 1. The van der Waals surface area contributed by atoms with E-state index in [4.69, 9.17) is 5.73 Å². The monoisotopic (exact) mass is 242 g/mol. The van der Waals surface area contributed by atoms with Crippen LogP contribution in [0.5, 0.6) is 0 Å². The Morgan fingerprint density at radius 1 is 1.44 bits per heavy atom. The Hall–Kier alpha value is -1.97. The van der Waals surface area contributed by atoms with E-state index in [0.29, 0.717) is 5.92 Å². The van der Waals surface area contributed by atoms with Crippen molar-refractivity contribution < 1.29 is 0 Å². The van der Waals surface area contributed by atoms with Gasteiger partial charge in [-0.15, -0.1) is 0 Å². The summed E-state index contributed by atoms with van der Waals surface area (Å²) in [6.45, 7) is 2.85. The average Bonchev–Trinajstić information content (AvgIpc) is 2.56. The van der Waals surface area contributed by atoms with Crippen LogP contribution in [0.25, 0.3) is 0 Å². The molecule has 18 heavy (non-hydrogen) atoms. The molecule has 1 heterocycles. The Balaban J connectivity index is 1.70. The number of nitrogens with one attached hydrogen (secondary N) is 1. The molecule has 0 amide bonds. The summed E-state index contributed by atoms with van der Waals surface area (Å²) in [6.07, 6.45) is 1.15. The van der Waals surface area contributed by atoms with Gasteiger partial charge in [-0.1, -0.05) is 24.3 Å². The molecule has 0 spiro atoms. The third-order valence-corrected chi connectivity index (χ3v) is 3.75. The summed E-state index contributed by atoms with van der Waals surface area (Å²) in [6, 6.07) is 8.62. The van der Waals surface area contributed by atoms with E-state index in [2.05, 4.69) is 34.7 Å². The summed E-state index contributed by atoms with van der Waals surface area (Å²) < 4.78 is 1.81. The molecule has 4 nitrogen and oxygen atoms in total. The van der Waals surface area contributed by atoms with Gasteiger partial charge in [-0.25, -0.2) is 0 Å². The molecule has 0 bridgehead atoms. The summed E-state index contributed by atoms with van der Waals surface area (Å²) in [5, 5.41) is 7.73. The van der Waals surface area contributed by atoms with Crippen LogP contribution in [0.2, 0.25) is 0 Å². The lowest BCUT2D eigenvalue weighted by atomic mass is 9.77. The molecule has 1 aromatic heterocycles. The number of aromatic nitrogens is 2. The van der Waals surface area contributed by atoms with Crippen LogP contribution in [0.1, 0.15) is 22.7 Å². The number of anilines is 2. The highest BCUT2D eigenvalue weighted by molar-refractivity contribution is 5.64. The summed E-state index contributed by atoms with van der Waals surface area (Å²) >= 11 is 0. The van der Waals surface area contributed by atoms with E-state index in [1.54, 1.807) is 0 Å². The van der Waals surface area contributed by atoms with Crippen molar-refractivity contribution in [1.29, 1.82) is 0 Å². The fourth-order valence-corrected chi connectivity index (χ4v) is 2.65. The second kappa shape index (κ2) is 4.05. The van der Waals surface area contributed by atoms with Crippen LogP contribution in [0.15, 0.2) is 24.3 Å². The van der Waals surface area contributed by atoms with Crippen LogP contribution < -0.4 is 11.1 Å². The van der Waals surface area contributed by atoms with Crippen LogP contribution in [-0.2, 0) is 13.5 Å². The lowest BCUT2D eigenvalue weighted by Crippen LogP contribution is -2.25. The predicted octanol–water partition coefficient (Wildman–Crippen LogP) is 2.06. The van der Waals surface area contributed by atoms with E-state index in [9.17, 15) is 0 Å². The maximum absolute atomic E-state index is 6.00. The molecule has 0 saturated carbocycles. The molecule has 1 atom stereocenters. The molecule has 4 heteroatoms. The van der Waals surface area contributed by atoms with Crippen molar-refractivity contribution in [3.63, 3.8) is 0 Å². The number of benzene rings is 1. The van der Waals surface area contributed by atoms with Crippen molar-refractivity contribution in [3.8, 4) is 0 Å². The molecule has 3 rings (SSSR count). The predicted molar refractivity (Wildman–Crippen MR) is 73.7 cm³/mol. The van der Waals surface area contributed by atoms with E-state index < -0.39 is 0 Å². The van der Waals surface area contributed by atoms with Crippen LogP contribution in [-0.4, -0.2) is 16.3 Å². The molecule has 3 N–H and O–H groups in total. The molecule has 1 aliphatic rings. The summed E-state index contributed by atoms with van der Waals surface area (Å²) in [4.78, 5) is 0. The molecule has 1 unspecified atom stereocenters. The van der Waals surface area contributed by atoms with Gasteiger partial charge in [-0.05, 0) is 24.5 Å². The van der Waals surface area contributed by atoms with E-state index in [1.807, 2.05) is 18.7 Å². The number of nitrogens with zero attached hydrogens (tertiary/aromatic N) is 2. The lowest BCUT2D eigenvalue weighted by molar-refractivity contribution is 0.630. The quantitative estimate of drug-likeness (QED) is 0.866. The molecule has 2 aromatic rings. The molecular weight excluding hydrogens is 224 g/mol. The number of aryl methyl sites for hydroxylation is 2. The van der Waals surface area contributed by atoms with Gasteiger partial charge < -0.3 is 11.1 Å². The van der Waals surface area contributed by atoms with Crippen molar-refractivity contribution in [2.24, 2.45) is 7.05 Å². The molecule has 0 aliphatic heterocycles. The van der Waals surface area contributed by atoms with E-state index in [-0.39, 0.29) is 0 Å². The molecular formula is C14H18N4. The van der Waals surface area contributed by atoms with Gasteiger partial charge in [0.05, 0.1) is 11.4 Å². The van der Waals surface area contributed by atoms with Crippen molar-refractivity contribution in [2.75, 3.05) is 17.6 Å². The standard InChI is InChI=1S/C14H18N4/c1-9-13(15)14(18(2)17-9)16-8-11-7-10-5-3-4-6-12(10)11/h3-6,11,16H,7-8,15H2,1-2H3. The summed E-state index contributed by atoms with van der Waals surface area (Å²) in [5.74, 6) is 1.52. The molecule has 0 saturated heterocycles. The van der Waals surface area contributed by atoms with Crippen molar-refractivity contribution in [2.45, 2.75) is 19.3 Å². The largest absolute Gasteiger partial charge is 0.394 e. The minimum Gasteiger partial charge on any atom is -0.394 e. The zero-order chi connectivity index (χ0) is 12.7. The zero-order valence-corrected chi connectivity index (χ0v) is 10.8. The van der Waals surface area contributed by atoms with Gasteiger partial charge in [-0.3, -0.25) is 4.68 Å². The third-order valence-electron chi connectivity index (χ3n) is 3.75. The van der Waals surface area contributed by atoms with Crippen LogP contribution in [0.4, 0.5) is 11.5 Å². The lowest BCUT2D eigenvalue weighted by Gasteiger charge is -2.30. The van der Waals surface area contributed by atoms with Gasteiger partial charge in [0.1, 0.15) is 5.82 Å². The average molecular weight is 242 g/mol. The van der Waals surface area contributed by atoms with Gasteiger partial charge >= 0.3 is 0 Å². The highest BCUT2D eigenvalue weighted by Crippen LogP contribution is 2.35. The van der Waals surface area contributed by atoms with Crippen LogP contribution in [0, 0.1) is 6.92 Å². The Morgan fingerprint density at radius 3 is 2.89 bits per heavy atom. The number of fused-ring (bicyclic) bond motifs is 1. The highest BCUT2D eigenvalue weighted by Gasteiger charge is 2.25. The second-order valence-electron chi connectivity index (χ2n) is 4.95.